The fraction of sp³-hybridized carbons (Fsp3) is 0.304. The molecule has 29 heavy (non-hydrogen) atoms. The molecule has 1 N–H and O–H groups in total. The third-order valence-electron chi connectivity index (χ3n) is 5.45. The maximum atomic E-state index is 12.6. The molecule has 0 spiro atoms. The Kier molecular flexibility index (Phi) is 5.28. The summed E-state index contributed by atoms with van der Waals surface area (Å²) < 4.78 is 11.3. The highest BCUT2D eigenvalue weighted by atomic mass is 32.1. The van der Waals surface area contributed by atoms with E-state index in [9.17, 15) is 9.59 Å². The van der Waals surface area contributed by atoms with Gasteiger partial charge in [-0.2, -0.15) is 11.3 Å². The Labute approximate surface area is 172 Å². The van der Waals surface area contributed by atoms with Crippen molar-refractivity contribution >= 4 is 39.2 Å². The summed E-state index contributed by atoms with van der Waals surface area (Å²) in [6.07, 6.45) is 3.14. The number of benzene rings is 1. The van der Waals surface area contributed by atoms with Crippen LogP contribution in [0, 0.1) is 20.8 Å². The van der Waals surface area contributed by atoms with Gasteiger partial charge in [0.05, 0.1) is 6.26 Å². The molecule has 3 aromatic heterocycles. The zero-order valence-electron chi connectivity index (χ0n) is 16.8. The molecule has 6 heteroatoms. The van der Waals surface area contributed by atoms with Gasteiger partial charge in [0.1, 0.15) is 11.2 Å². The highest BCUT2D eigenvalue weighted by Crippen LogP contribution is 2.32. The Bertz CT molecular complexity index is 1250. The Morgan fingerprint density at radius 2 is 1.93 bits per heavy atom. The van der Waals surface area contributed by atoms with Crippen LogP contribution in [0.2, 0.25) is 0 Å². The first kappa shape index (κ1) is 19.5. The van der Waals surface area contributed by atoms with Crippen LogP contribution in [0.4, 0.5) is 0 Å². The van der Waals surface area contributed by atoms with E-state index in [1.54, 1.807) is 17.6 Å². The number of hydrogen-bond acceptors (Lipinski definition) is 5. The third kappa shape index (κ3) is 3.72. The second kappa shape index (κ2) is 7.87. The van der Waals surface area contributed by atoms with Crippen molar-refractivity contribution in [2.24, 2.45) is 0 Å². The molecule has 5 nitrogen and oxygen atoms in total. The number of carbonyl (C=O) groups excluding carboxylic acids is 1. The van der Waals surface area contributed by atoms with Gasteiger partial charge in [-0.15, -0.1) is 0 Å². The minimum atomic E-state index is -0.383. The van der Waals surface area contributed by atoms with Crippen molar-refractivity contribution in [1.29, 1.82) is 0 Å². The highest BCUT2D eigenvalue weighted by molar-refractivity contribution is 7.07. The van der Waals surface area contributed by atoms with Gasteiger partial charge in [0.25, 0.3) is 0 Å². The Balaban J connectivity index is 1.54. The number of fused-ring (bicyclic) bond motifs is 2. The van der Waals surface area contributed by atoms with Gasteiger partial charge in [-0.25, -0.2) is 4.79 Å². The van der Waals surface area contributed by atoms with E-state index in [0.29, 0.717) is 24.1 Å². The summed E-state index contributed by atoms with van der Waals surface area (Å²) in [4.78, 5) is 24.8. The van der Waals surface area contributed by atoms with Gasteiger partial charge in [0, 0.05) is 34.9 Å². The summed E-state index contributed by atoms with van der Waals surface area (Å²) in [5.41, 5.74) is 5.43. The molecular weight excluding hydrogens is 386 g/mol. The molecule has 0 aliphatic rings. The lowest BCUT2D eigenvalue weighted by Gasteiger charge is -2.10. The molecular formula is C23H23NO4S. The number of rotatable bonds is 6. The van der Waals surface area contributed by atoms with Crippen LogP contribution in [-0.4, -0.2) is 12.5 Å². The minimum absolute atomic E-state index is 0.0589. The van der Waals surface area contributed by atoms with E-state index in [1.165, 1.54) is 5.56 Å². The molecule has 0 atom stereocenters. The van der Waals surface area contributed by atoms with Gasteiger partial charge >= 0.3 is 5.63 Å². The Hall–Kier alpha value is -2.86. The van der Waals surface area contributed by atoms with Crippen LogP contribution in [0.15, 0.2) is 42.8 Å². The van der Waals surface area contributed by atoms with E-state index in [-0.39, 0.29) is 18.0 Å². The molecule has 4 aromatic rings. The quantitative estimate of drug-likeness (QED) is 0.464. The molecule has 1 aromatic carbocycles. The first-order valence-corrected chi connectivity index (χ1v) is 10.6. The van der Waals surface area contributed by atoms with Crippen molar-refractivity contribution in [3.05, 3.63) is 67.4 Å². The Morgan fingerprint density at radius 1 is 1.10 bits per heavy atom. The highest BCUT2D eigenvalue weighted by Gasteiger charge is 2.18. The van der Waals surface area contributed by atoms with Gasteiger partial charge < -0.3 is 14.2 Å². The van der Waals surface area contributed by atoms with E-state index in [0.717, 1.165) is 39.5 Å². The lowest BCUT2D eigenvalue weighted by atomic mass is 9.98. The van der Waals surface area contributed by atoms with Crippen molar-refractivity contribution in [1.82, 2.24) is 5.32 Å². The third-order valence-corrected chi connectivity index (χ3v) is 6.19. The number of carbonyl (C=O) groups is 1. The van der Waals surface area contributed by atoms with Crippen LogP contribution >= 0.6 is 11.3 Å². The Morgan fingerprint density at radius 3 is 2.69 bits per heavy atom. The second-order valence-electron chi connectivity index (χ2n) is 7.40. The number of furan rings is 1. The summed E-state index contributed by atoms with van der Waals surface area (Å²) in [6.45, 7) is 6.41. The van der Waals surface area contributed by atoms with Gasteiger partial charge in [-0.05, 0) is 73.2 Å². The number of thiophene rings is 1. The number of amides is 1. The van der Waals surface area contributed by atoms with Crippen LogP contribution in [0.5, 0.6) is 0 Å². The SMILES string of the molecule is Cc1coc2c(C)c3oc(=O)c(CCC(=O)NCCc4ccsc4)c(C)c3cc12. The van der Waals surface area contributed by atoms with Gasteiger partial charge in [0.15, 0.2) is 0 Å². The summed E-state index contributed by atoms with van der Waals surface area (Å²) in [6, 6.07) is 4.07. The summed E-state index contributed by atoms with van der Waals surface area (Å²) in [5.74, 6) is -0.0589. The van der Waals surface area contributed by atoms with E-state index in [2.05, 4.69) is 16.8 Å². The summed E-state index contributed by atoms with van der Waals surface area (Å²) >= 11 is 1.65. The number of hydrogen-bond donors (Lipinski definition) is 1. The molecule has 3 heterocycles. The van der Waals surface area contributed by atoms with Gasteiger partial charge in [-0.3, -0.25) is 4.79 Å². The normalized spacial score (nSPS) is 11.4. The van der Waals surface area contributed by atoms with Crippen LogP contribution < -0.4 is 10.9 Å². The van der Waals surface area contributed by atoms with E-state index in [1.807, 2.05) is 32.2 Å². The maximum absolute atomic E-state index is 12.6. The lowest BCUT2D eigenvalue weighted by Crippen LogP contribution is -2.26. The molecule has 4 rings (SSSR count). The van der Waals surface area contributed by atoms with E-state index in [4.69, 9.17) is 8.83 Å². The lowest BCUT2D eigenvalue weighted by molar-refractivity contribution is -0.121. The van der Waals surface area contributed by atoms with Crippen LogP contribution in [-0.2, 0) is 17.6 Å². The smallest absolute Gasteiger partial charge is 0.339 e. The van der Waals surface area contributed by atoms with Crippen LogP contribution in [0.3, 0.4) is 0 Å². The largest absolute Gasteiger partial charge is 0.464 e. The van der Waals surface area contributed by atoms with E-state index >= 15 is 0 Å². The van der Waals surface area contributed by atoms with E-state index < -0.39 is 0 Å². The molecule has 150 valence electrons. The predicted octanol–water partition coefficient (Wildman–Crippen LogP) is 4.82. The van der Waals surface area contributed by atoms with Crippen LogP contribution in [0.1, 0.15) is 34.2 Å². The predicted molar refractivity (Wildman–Crippen MR) is 116 cm³/mol. The maximum Gasteiger partial charge on any atom is 0.339 e. The molecule has 0 unspecified atom stereocenters. The topological polar surface area (TPSA) is 72.5 Å². The zero-order valence-corrected chi connectivity index (χ0v) is 17.6. The monoisotopic (exact) mass is 409 g/mol. The first-order chi connectivity index (χ1) is 14.0. The molecule has 1 amide bonds. The van der Waals surface area contributed by atoms with Crippen molar-refractivity contribution in [2.75, 3.05) is 6.54 Å². The molecule has 0 saturated heterocycles. The fourth-order valence-corrected chi connectivity index (χ4v) is 4.42. The standard InChI is InChI=1S/C23H23NO4S/c1-13-11-27-21-15(3)22-19(10-18(13)21)14(2)17(23(26)28-22)4-5-20(25)24-8-6-16-7-9-29-12-16/h7,9-12H,4-6,8H2,1-3H3,(H,24,25). The molecule has 0 fully saturated rings. The van der Waals surface area contributed by atoms with Crippen molar-refractivity contribution in [3.63, 3.8) is 0 Å². The average Bonchev–Trinajstić information content (AvgIpc) is 3.33. The number of aryl methyl sites for hydroxylation is 3. The van der Waals surface area contributed by atoms with Crippen molar-refractivity contribution < 1.29 is 13.6 Å². The van der Waals surface area contributed by atoms with Crippen LogP contribution in [0.25, 0.3) is 21.9 Å². The van der Waals surface area contributed by atoms with Gasteiger partial charge in [-0.1, -0.05) is 0 Å². The number of nitrogens with one attached hydrogen (secondary N) is 1. The molecule has 0 radical (unpaired) electrons. The minimum Gasteiger partial charge on any atom is -0.464 e. The average molecular weight is 410 g/mol. The van der Waals surface area contributed by atoms with Crippen molar-refractivity contribution in [2.45, 2.75) is 40.0 Å². The van der Waals surface area contributed by atoms with Crippen molar-refractivity contribution in [3.8, 4) is 0 Å². The molecule has 0 aliphatic carbocycles. The summed E-state index contributed by atoms with van der Waals surface area (Å²) in [5, 5.41) is 8.95. The fourth-order valence-electron chi connectivity index (χ4n) is 3.72. The first-order valence-electron chi connectivity index (χ1n) is 9.67. The molecule has 0 saturated carbocycles. The summed E-state index contributed by atoms with van der Waals surface area (Å²) in [7, 11) is 0. The van der Waals surface area contributed by atoms with Gasteiger partial charge in [0.2, 0.25) is 5.91 Å². The molecule has 0 aliphatic heterocycles. The second-order valence-corrected chi connectivity index (χ2v) is 8.18. The molecule has 0 bridgehead atoms. The zero-order chi connectivity index (χ0) is 20.5.